The van der Waals surface area contributed by atoms with Crippen LogP contribution in [0.4, 0.5) is 4.79 Å². The van der Waals surface area contributed by atoms with Crippen LogP contribution >= 0.6 is 0 Å². The van der Waals surface area contributed by atoms with Crippen LogP contribution in [0.15, 0.2) is 42.5 Å². The number of carbonyl (C=O) groups excluding carboxylic acids is 2. The van der Waals surface area contributed by atoms with E-state index in [0.717, 1.165) is 5.56 Å². The lowest BCUT2D eigenvalue weighted by Gasteiger charge is -2.32. The molecule has 25 heavy (non-hydrogen) atoms. The molecule has 3 atom stereocenters. The third-order valence-corrected chi connectivity index (χ3v) is 5.17. The van der Waals surface area contributed by atoms with E-state index < -0.39 is 5.97 Å². The van der Waals surface area contributed by atoms with Crippen LogP contribution in [0.3, 0.4) is 0 Å². The van der Waals surface area contributed by atoms with E-state index in [1.807, 2.05) is 36.4 Å². The van der Waals surface area contributed by atoms with Gasteiger partial charge < -0.3 is 19.1 Å². The number of hydrogen-bond acceptors (Lipinski definition) is 5. The Bertz CT molecular complexity index is 659. The molecule has 0 unspecified atom stereocenters. The van der Waals surface area contributed by atoms with Crippen molar-refractivity contribution in [3.8, 4) is 0 Å². The van der Waals surface area contributed by atoms with Crippen LogP contribution in [-0.2, 0) is 25.6 Å². The smallest absolute Gasteiger partial charge is 0.410 e. The third kappa shape index (κ3) is 3.54. The first-order valence-electron chi connectivity index (χ1n) is 8.36. The molecule has 1 aromatic rings. The highest BCUT2D eigenvalue weighted by Crippen LogP contribution is 2.45. The van der Waals surface area contributed by atoms with Crippen molar-refractivity contribution in [3.05, 3.63) is 48.0 Å². The number of hydrogen-bond donors (Lipinski definition) is 0. The van der Waals surface area contributed by atoms with Gasteiger partial charge in [-0.3, -0.25) is 0 Å². The van der Waals surface area contributed by atoms with Crippen molar-refractivity contribution in [1.82, 2.24) is 4.90 Å². The highest BCUT2D eigenvalue weighted by molar-refractivity contribution is 5.81. The number of rotatable bonds is 6. The zero-order valence-corrected chi connectivity index (χ0v) is 14.5. The summed E-state index contributed by atoms with van der Waals surface area (Å²) in [4.78, 5) is 25.1. The highest BCUT2D eigenvalue weighted by atomic mass is 16.6. The number of esters is 1. The van der Waals surface area contributed by atoms with Crippen LogP contribution in [0.25, 0.3) is 0 Å². The van der Waals surface area contributed by atoms with Gasteiger partial charge in [0.25, 0.3) is 0 Å². The number of benzene rings is 1. The number of ether oxygens (including phenoxy) is 3. The van der Waals surface area contributed by atoms with Gasteiger partial charge in [0.1, 0.15) is 6.61 Å². The van der Waals surface area contributed by atoms with Crippen LogP contribution < -0.4 is 0 Å². The monoisotopic (exact) mass is 345 g/mol. The van der Waals surface area contributed by atoms with E-state index in [-0.39, 0.29) is 23.5 Å². The molecular formula is C19H23NO5. The molecule has 6 heteroatoms. The van der Waals surface area contributed by atoms with Gasteiger partial charge in [0.15, 0.2) is 0 Å². The van der Waals surface area contributed by atoms with Crippen LogP contribution in [0.1, 0.15) is 12.5 Å². The van der Waals surface area contributed by atoms with Crippen molar-refractivity contribution in [3.63, 3.8) is 0 Å². The van der Waals surface area contributed by atoms with Crippen LogP contribution in [0, 0.1) is 11.3 Å². The molecule has 0 bridgehead atoms. The lowest BCUT2D eigenvalue weighted by molar-refractivity contribution is -0.134. The van der Waals surface area contributed by atoms with E-state index in [1.165, 1.54) is 13.2 Å². The van der Waals surface area contributed by atoms with E-state index in [9.17, 15) is 9.59 Å². The maximum atomic E-state index is 11.9. The van der Waals surface area contributed by atoms with Crippen molar-refractivity contribution in [2.24, 2.45) is 11.3 Å². The van der Waals surface area contributed by atoms with Gasteiger partial charge in [-0.1, -0.05) is 43.3 Å². The lowest BCUT2D eigenvalue weighted by Crippen LogP contribution is -2.41. The molecule has 3 rings (SSSR count). The first kappa shape index (κ1) is 17.5. The zero-order chi connectivity index (χ0) is 17.9. The minimum absolute atomic E-state index is 0.000207. The summed E-state index contributed by atoms with van der Waals surface area (Å²) < 4.78 is 15.8. The minimum atomic E-state index is -0.401. The van der Waals surface area contributed by atoms with Crippen molar-refractivity contribution in [1.29, 1.82) is 0 Å². The molecule has 1 amide bonds. The van der Waals surface area contributed by atoms with Crippen LogP contribution in [-0.4, -0.2) is 49.9 Å². The number of amides is 1. The van der Waals surface area contributed by atoms with E-state index in [1.54, 1.807) is 4.90 Å². The molecule has 2 aliphatic rings. The quantitative estimate of drug-likeness (QED) is 0.585. The molecular weight excluding hydrogens is 322 g/mol. The molecule has 0 radical (unpaired) electrons. The van der Waals surface area contributed by atoms with Gasteiger partial charge in [-0.15, -0.1) is 0 Å². The summed E-state index contributed by atoms with van der Waals surface area (Å²) in [7, 11) is 1.35. The number of carbonyl (C=O) groups is 2. The fraction of sp³-hybridized carbons (Fsp3) is 0.474. The fourth-order valence-corrected chi connectivity index (χ4v) is 3.58. The summed E-state index contributed by atoms with van der Waals surface area (Å²) in [6, 6.07) is 9.89. The van der Waals surface area contributed by atoms with Gasteiger partial charge in [-0.05, 0) is 5.56 Å². The van der Waals surface area contributed by atoms with E-state index in [4.69, 9.17) is 9.47 Å². The topological polar surface area (TPSA) is 65.1 Å². The Morgan fingerprint density at radius 2 is 2.16 bits per heavy atom. The lowest BCUT2D eigenvalue weighted by atomic mass is 9.75. The Morgan fingerprint density at radius 1 is 1.40 bits per heavy atom. The third-order valence-electron chi connectivity index (χ3n) is 5.17. The Labute approximate surface area is 147 Å². The summed E-state index contributed by atoms with van der Waals surface area (Å²) >= 11 is 0. The Kier molecular flexibility index (Phi) is 5.08. The number of fused-ring (bicyclic) bond motifs is 1. The average Bonchev–Trinajstić information content (AvgIpc) is 3.12. The average molecular weight is 345 g/mol. The molecule has 0 saturated carbocycles. The first-order valence-corrected chi connectivity index (χ1v) is 8.36. The van der Waals surface area contributed by atoms with E-state index >= 15 is 0 Å². The first-order chi connectivity index (χ1) is 12.0. The molecule has 0 spiro atoms. The molecule has 2 saturated heterocycles. The van der Waals surface area contributed by atoms with Gasteiger partial charge >= 0.3 is 12.1 Å². The summed E-state index contributed by atoms with van der Waals surface area (Å²) in [6.07, 6.45) is 2.95. The van der Waals surface area contributed by atoms with Gasteiger partial charge in [0.05, 0.1) is 26.4 Å². The Balaban J connectivity index is 1.71. The number of cyclic esters (lactones) is 1. The van der Waals surface area contributed by atoms with Gasteiger partial charge in [0, 0.05) is 24.0 Å². The predicted octanol–water partition coefficient (Wildman–Crippen LogP) is 2.39. The Hall–Kier alpha value is -2.34. The fourth-order valence-electron chi connectivity index (χ4n) is 3.58. The SMILES string of the molecule is COC(=O)/C=C/[C@@H]1CN2C(=O)OC[C@@H]2[C@]1(C)COCc1ccccc1. The summed E-state index contributed by atoms with van der Waals surface area (Å²) in [6.45, 7) is 3.92. The molecule has 0 aliphatic carbocycles. The van der Waals surface area contributed by atoms with Crippen molar-refractivity contribution in [2.75, 3.05) is 26.9 Å². The minimum Gasteiger partial charge on any atom is -0.466 e. The molecule has 2 aliphatic heterocycles. The highest BCUT2D eigenvalue weighted by Gasteiger charge is 2.55. The second-order valence-electron chi connectivity index (χ2n) is 6.72. The van der Waals surface area contributed by atoms with Gasteiger partial charge in [0.2, 0.25) is 0 Å². The Morgan fingerprint density at radius 3 is 2.88 bits per heavy atom. The molecule has 2 fully saturated rings. The van der Waals surface area contributed by atoms with Gasteiger partial charge in [-0.2, -0.15) is 0 Å². The van der Waals surface area contributed by atoms with E-state index in [0.29, 0.717) is 26.4 Å². The summed E-state index contributed by atoms with van der Waals surface area (Å²) in [5.74, 6) is -0.401. The molecule has 1 aromatic carbocycles. The largest absolute Gasteiger partial charge is 0.466 e. The van der Waals surface area contributed by atoms with Crippen LogP contribution in [0.5, 0.6) is 0 Å². The number of nitrogens with zero attached hydrogens (tertiary/aromatic N) is 1. The maximum Gasteiger partial charge on any atom is 0.410 e. The van der Waals surface area contributed by atoms with Gasteiger partial charge in [-0.25, -0.2) is 9.59 Å². The molecule has 2 heterocycles. The van der Waals surface area contributed by atoms with Crippen molar-refractivity contribution >= 4 is 12.1 Å². The van der Waals surface area contributed by atoms with Crippen molar-refractivity contribution < 1.29 is 23.8 Å². The second kappa shape index (κ2) is 7.27. The van der Waals surface area contributed by atoms with Crippen LogP contribution in [0.2, 0.25) is 0 Å². The van der Waals surface area contributed by atoms with E-state index in [2.05, 4.69) is 11.7 Å². The summed E-state index contributed by atoms with van der Waals surface area (Å²) in [5.41, 5.74) is 0.771. The standard InChI is InChI=1S/C19H23NO5/c1-19(13-24-11-14-6-4-3-5-7-14)15(8-9-17(21)23-2)10-20-16(19)12-25-18(20)22/h3-9,15-16H,10-13H2,1-2H3/b9-8+/t15-,16-,19-/m1/s1. The molecule has 6 nitrogen and oxygen atoms in total. The normalized spacial score (nSPS) is 28.2. The molecule has 0 aromatic heterocycles. The predicted molar refractivity (Wildman–Crippen MR) is 90.7 cm³/mol. The number of methoxy groups -OCH3 is 1. The van der Waals surface area contributed by atoms with Crippen molar-refractivity contribution in [2.45, 2.75) is 19.6 Å². The molecule has 134 valence electrons. The zero-order valence-electron chi connectivity index (χ0n) is 14.5. The summed E-state index contributed by atoms with van der Waals surface area (Å²) in [5, 5.41) is 0. The molecule has 0 N–H and O–H groups in total. The maximum absolute atomic E-state index is 11.9. The second-order valence-corrected chi connectivity index (χ2v) is 6.72.